The van der Waals surface area contributed by atoms with Crippen LogP contribution in [0, 0.1) is 0 Å². The number of piperazine rings is 1. The minimum atomic E-state index is -0.508. The van der Waals surface area contributed by atoms with Crippen LogP contribution in [0.15, 0.2) is 51.9 Å². The molecule has 1 aliphatic heterocycles. The van der Waals surface area contributed by atoms with Crippen molar-refractivity contribution in [2.75, 3.05) is 31.1 Å². The van der Waals surface area contributed by atoms with E-state index < -0.39 is 5.76 Å². The molecule has 0 atom stereocenters. The molecule has 0 radical (unpaired) electrons. The van der Waals surface area contributed by atoms with Gasteiger partial charge in [-0.05, 0) is 18.2 Å². The second kappa shape index (κ2) is 6.39. The Morgan fingerprint density at radius 1 is 1.04 bits per heavy atom. The van der Waals surface area contributed by atoms with Gasteiger partial charge in [0.1, 0.15) is 6.54 Å². The van der Waals surface area contributed by atoms with E-state index >= 15 is 0 Å². The predicted molar refractivity (Wildman–Crippen MR) is 91.3 cm³/mol. The summed E-state index contributed by atoms with van der Waals surface area (Å²) in [5.41, 5.74) is 1.13. The van der Waals surface area contributed by atoms with E-state index in [0.29, 0.717) is 43.2 Å². The first kappa shape index (κ1) is 15.4. The van der Waals surface area contributed by atoms with Crippen molar-refractivity contribution in [1.82, 2.24) is 19.4 Å². The van der Waals surface area contributed by atoms with Gasteiger partial charge in [-0.25, -0.2) is 14.8 Å². The Bertz CT molecular complexity index is 942. The van der Waals surface area contributed by atoms with Crippen molar-refractivity contribution in [1.29, 1.82) is 0 Å². The number of hydrogen-bond acceptors (Lipinski definition) is 6. The summed E-state index contributed by atoms with van der Waals surface area (Å²) in [6, 6.07) is 8.88. The zero-order valence-electron chi connectivity index (χ0n) is 13.5. The number of fused-ring (bicyclic) bond motifs is 1. The van der Waals surface area contributed by atoms with Crippen molar-refractivity contribution in [2.24, 2.45) is 0 Å². The van der Waals surface area contributed by atoms with Crippen LogP contribution in [-0.4, -0.2) is 51.5 Å². The lowest BCUT2D eigenvalue weighted by atomic mass is 10.3. The Morgan fingerprint density at radius 2 is 1.76 bits per heavy atom. The lowest BCUT2D eigenvalue weighted by molar-refractivity contribution is -0.132. The zero-order chi connectivity index (χ0) is 17.2. The average molecular weight is 339 g/mol. The van der Waals surface area contributed by atoms with Gasteiger partial charge in [0.05, 0.1) is 5.52 Å². The van der Waals surface area contributed by atoms with Crippen LogP contribution in [0.2, 0.25) is 0 Å². The second-order valence-corrected chi connectivity index (χ2v) is 5.84. The number of hydrogen-bond donors (Lipinski definition) is 0. The normalized spacial score (nSPS) is 14.9. The quantitative estimate of drug-likeness (QED) is 0.699. The lowest BCUT2D eigenvalue weighted by Crippen LogP contribution is -2.50. The number of nitrogens with zero attached hydrogens (tertiary/aromatic N) is 5. The van der Waals surface area contributed by atoms with Gasteiger partial charge in [-0.15, -0.1) is 0 Å². The highest BCUT2D eigenvalue weighted by molar-refractivity contribution is 5.79. The van der Waals surface area contributed by atoms with Gasteiger partial charge in [-0.3, -0.25) is 9.36 Å². The van der Waals surface area contributed by atoms with Crippen molar-refractivity contribution in [3.8, 4) is 0 Å². The molecular formula is C17H17N5O3. The summed E-state index contributed by atoms with van der Waals surface area (Å²) in [5, 5.41) is 0. The van der Waals surface area contributed by atoms with Crippen LogP contribution in [0.5, 0.6) is 0 Å². The molecule has 25 heavy (non-hydrogen) atoms. The third kappa shape index (κ3) is 2.98. The molecule has 4 rings (SSSR count). The highest BCUT2D eigenvalue weighted by atomic mass is 16.4. The zero-order valence-corrected chi connectivity index (χ0v) is 13.5. The van der Waals surface area contributed by atoms with Crippen molar-refractivity contribution >= 4 is 23.0 Å². The van der Waals surface area contributed by atoms with Gasteiger partial charge in [0, 0.05) is 38.6 Å². The molecule has 0 unspecified atom stereocenters. The average Bonchev–Trinajstić information content (AvgIpc) is 2.98. The topological polar surface area (TPSA) is 84.5 Å². The fourth-order valence-corrected chi connectivity index (χ4v) is 3.01. The molecule has 1 aromatic carbocycles. The maximum atomic E-state index is 12.6. The molecule has 1 saturated heterocycles. The first-order chi connectivity index (χ1) is 12.2. The summed E-state index contributed by atoms with van der Waals surface area (Å²) >= 11 is 0. The first-order valence-electron chi connectivity index (χ1n) is 8.10. The maximum Gasteiger partial charge on any atom is 0.420 e. The summed E-state index contributed by atoms with van der Waals surface area (Å²) in [7, 11) is 0. The molecule has 3 heterocycles. The van der Waals surface area contributed by atoms with E-state index in [4.69, 9.17) is 4.42 Å². The van der Waals surface area contributed by atoms with Crippen molar-refractivity contribution in [3.05, 3.63) is 53.3 Å². The molecular weight excluding hydrogens is 322 g/mol. The van der Waals surface area contributed by atoms with E-state index in [1.807, 2.05) is 11.0 Å². The largest absolute Gasteiger partial charge is 0.420 e. The van der Waals surface area contributed by atoms with Gasteiger partial charge in [-0.2, -0.15) is 0 Å². The maximum absolute atomic E-state index is 12.6. The number of para-hydroxylation sites is 2. The molecule has 1 aliphatic rings. The number of amides is 1. The number of aromatic nitrogens is 3. The lowest BCUT2D eigenvalue weighted by Gasteiger charge is -2.34. The third-order valence-electron chi connectivity index (χ3n) is 4.33. The molecule has 1 fully saturated rings. The molecule has 2 aromatic heterocycles. The Hall–Kier alpha value is -3.16. The number of carbonyl (C=O) groups is 1. The van der Waals surface area contributed by atoms with Gasteiger partial charge >= 0.3 is 5.76 Å². The predicted octanol–water partition coefficient (Wildman–Crippen LogP) is 0.733. The van der Waals surface area contributed by atoms with Crippen LogP contribution in [0.25, 0.3) is 11.1 Å². The van der Waals surface area contributed by atoms with Crippen LogP contribution in [0.3, 0.4) is 0 Å². The molecule has 8 nitrogen and oxygen atoms in total. The number of rotatable bonds is 3. The van der Waals surface area contributed by atoms with Crippen molar-refractivity contribution in [3.63, 3.8) is 0 Å². The minimum Gasteiger partial charge on any atom is -0.408 e. The van der Waals surface area contributed by atoms with E-state index in [9.17, 15) is 9.59 Å². The summed E-state index contributed by atoms with van der Waals surface area (Å²) in [6.45, 7) is 2.45. The summed E-state index contributed by atoms with van der Waals surface area (Å²) in [5.74, 6) is 0.0693. The number of benzene rings is 1. The molecule has 0 saturated carbocycles. The standard InChI is InChI=1S/C17H17N5O3/c23-15(12-22-13-4-1-2-5-14(13)25-17(22)24)20-8-10-21(11-9-20)16-18-6-3-7-19-16/h1-7H,8-12H2. The van der Waals surface area contributed by atoms with Gasteiger partial charge < -0.3 is 14.2 Å². The summed E-state index contributed by atoms with van der Waals surface area (Å²) in [4.78, 5) is 36.8. The molecule has 128 valence electrons. The number of carbonyl (C=O) groups excluding carboxylic acids is 1. The summed E-state index contributed by atoms with van der Waals surface area (Å²) in [6.07, 6.45) is 3.41. The second-order valence-electron chi connectivity index (χ2n) is 5.84. The molecule has 3 aromatic rings. The van der Waals surface area contributed by atoms with E-state index in [-0.39, 0.29) is 12.5 Å². The molecule has 8 heteroatoms. The molecule has 0 N–H and O–H groups in total. The monoisotopic (exact) mass is 339 g/mol. The van der Waals surface area contributed by atoms with Gasteiger partial charge in [0.2, 0.25) is 11.9 Å². The van der Waals surface area contributed by atoms with Crippen molar-refractivity contribution < 1.29 is 9.21 Å². The molecule has 0 spiro atoms. The fraction of sp³-hybridized carbons (Fsp3) is 0.294. The van der Waals surface area contributed by atoms with Crippen LogP contribution in [0.4, 0.5) is 5.95 Å². The van der Waals surface area contributed by atoms with Crippen LogP contribution in [0.1, 0.15) is 0 Å². The number of oxazole rings is 1. The highest BCUT2D eigenvalue weighted by Crippen LogP contribution is 2.13. The van der Waals surface area contributed by atoms with Gasteiger partial charge in [0.25, 0.3) is 0 Å². The van der Waals surface area contributed by atoms with Crippen LogP contribution in [-0.2, 0) is 11.3 Å². The highest BCUT2D eigenvalue weighted by Gasteiger charge is 2.23. The Morgan fingerprint density at radius 3 is 2.52 bits per heavy atom. The SMILES string of the molecule is O=C(Cn1c(=O)oc2ccccc21)N1CCN(c2ncccn2)CC1. The minimum absolute atomic E-state index is 0.0162. The van der Waals surface area contributed by atoms with E-state index in [1.165, 1.54) is 4.57 Å². The molecule has 0 bridgehead atoms. The summed E-state index contributed by atoms with van der Waals surface area (Å²) < 4.78 is 6.55. The van der Waals surface area contributed by atoms with Gasteiger partial charge in [0.15, 0.2) is 5.58 Å². The van der Waals surface area contributed by atoms with E-state index in [0.717, 1.165) is 0 Å². The molecule has 0 aliphatic carbocycles. The smallest absolute Gasteiger partial charge is 0.408 e. The third-order valence-corrected chi connectivity index (χ3v) is 4.33. The first-order valence-corrected chi connectivity index (χ1v) is 8.10. The Balaban J connectivity index is 1.44. The fourth-order valence-electron chi connectivity index (χ4n) is 3.01. The van der Waals surface area contributed by atoms with Crippen LogP contribution < -0.4 is 10.7 Å². The van der Waals surface area contributed by atoms with Crippen LogP contribution >= 0.6 is 0 Å². The van der Waals surface area contributed by atoms with E-state index in [1.54, 1.807) is 41.6 Å². The Kier molecular flexibility index (Phi) is 3.93. The van der Waals surface area contributed by atoms with E-state index in [2.05, 4.69) is 9.97 Å². The van der Waals surface area contributed by atoms with Crippen molar-refractivity contribution in [2.45, 2.75) is 6.54 Å². The van der Waals surface area contributed by atoms with Gasteiger partial charge in [-0.1, -0.05) is 12.1 Å². The molecule has 1 amide bonds. The number of anilines is 1. The Labute approximate surface area is 143 Å².